The fraction of sp³-hybridized carbons (Fsp3) is 0.300. The summed E-state index contributed by atoms with van der Waals surface area (Å²) in [5.74, 6) is 1.06. The number of methoxy groups -OCH3 is 1. The molecule has 142 valence electrons. The van der Waals surface area contributed by atoms with Gasteiger partial charge in [-0.15, -0.1) is 0 Å². The third kappa shape index (κ3) is 5.37. The molecule has 0 bridgehead atoms. The predicted molar refractivity (Wildman–Crippen MR) is 108 cm³/mol. The highest BCUT2D eigenvalue weighted by Crippen LogP contribution is 2.17. The lowest BCUT2D eigenvalue weighted by Gasteiger charge is -2.16. The summed E-state index contributed by atoms with van der Waals surface area (Å²) >= 11 is 0. The first-order valence-electron chi connectivity index (χ1n) is 9.00. The van der Waals surface area contributed by atoms with E-state index in [1.54, 1.807) is 7.11 Å². The van der Waals surface area contributed by atoms with Crippen LogP contribution in [0.2, 0.25) is 0 Å². The Morgan fingerprint density at radius 3 is 2.56 bits per heavy atom. The molecule has 3 rings (SSSR count). The van der Waals surface area contributed by atoms with Crippen LogP contribution in [-0.4, -0.2) is 37.1 Å². The van der Waals surface area contributed by atoms with Gasteiger partial charge in [0.1, 0.15) is 5.75 Å². The fourth-order valence-electron chi connectivity index (χ4n) is 2.93. The van der Waals surface area contributed by atoms with Crippen molar-refractivity contribution in [1.29, 1.82) is 0 Å². The van der Waals surface area contributed by atoms with E-state index in [2.05, 4.69) is 15.6 Å². The number of benzene rings is 2. The van der Waals surface area contributed by atoms with E-state index in [-0.39, 0.29) is 6.03 Å². The van der Waals surface area contributed by atoms with Gasteiger partial charge in [-0.25, -0.2) is 9.79 Å². The topological polar surface area (TPSA) is 92.0 Å². The zero-order valence-corrected chi connectivity index (χ0v) is 15.4. The van der Waals surface area contributed by atoms with Crippen molar-refractivity contribution in [3.63, 3.8) is 0 Å². The van der Waals surface area contributed by atoms with Crippen molar-refractivity contribution in [3.05, 3.63) is 54.1 Å². The highest BCUT2D eigenvalue weighted by Gasteiger charge is 2.17. The van der Waals surface area contributed by atoms with Gasteiger partial charge in [0, 0.05) is 30.5 Å². The van der Waals surface area contributed by atoms with E-state index in [0.29, 0.717) is 12.5 Å². The first-order valence-corrected chi connectivity index (χ1v) is 9.00. The van der Waals surface area contributed by atoms with E-state index < -0.39 is 0 Å². The number of nitrogens with two attached hydrogens (primary N) is 1. The summed E-state index contributed by atoms with van der Waals surface area (Å²) in [4.78, 5) is 18.4. The zero-order chi connectivity index (χ0) is 19.1. The van der Waals surface area contributed by atoms with Crippen LogP contribution >= 0.6 is 0 Å². The lowest BCUT2D eigenvalue weighted by atomic mass is 10.2. The molecule has 0 aliphatic carbocycles. The summed E-state index contributed by atoms with van der Waals surface area (Å²) in [6.45, 7) is 2.06. The Kier molecular flexibility index (Phi) is 6.14. The number of urea groups is 1. The lowest BCUT2D eigenvalue weighted by Crippen LogP contribution is -2.32. The monoisotopic (exact) mass is 367 g/mol. The van der Waals surface area contributed by atoms with E-state index >= 15 is 0 Å². The van der Waals surface area contributed by atoms with Crippen LogP contribution in [0.1, 0.15) is 18.4 Å². The molecular weight excluding hydrogens is 342 g/mol. The van der Waals surface area contributed by atoms with Gasteiger partial charge in [0.05, 0.1) is 13.7 Å². The van der Waals surface area contributed by atoms with Crippen molar-refractivity contribution in [3.8, 4) is 5.75 Å². The molecule has 1 fully saturated rings. The van der Waals surface area contributed by atoms with Crippen molar-refractivity contribution in [2.45, 2.75) is 19.4 Å². The molecule has 0 radical (unpaired) electrons. The van der Waals surface area contributed by atoms with Crippen LogP contribution in [0.3, 0.4) is 0 Å². The van der Waals surface area contributed by atoms with Crippen molar-refractivity contribution < 1.29 is 9.53 Å². The third-order valence-corrected chi connectivity index (χ3v) is 4.35. The third-order valence-electron chi connectivity index (χ3n) is 4.35. The molecule has 1 aliphatic heterocycles. The molecule has 4 N–H and O–H groups in total. The second-order valence-corrected chi connectivity index (χ2v) is 6.38. The predicted octanol–water partition coefficient (Wildman–Crippen LogP) is 3.25. The number of carbonyl (C=O) groups excluding carboxylic acids is 1. The number of hydrogen-bond donors (Lipinski definition) is 3. The minimum absolute atomic E-state index is 0.0487. The maximum atomic E-state index is 12.2. The molecule has 2 amide bonds. The normalized spacial score (nSPS) is 14.1. The Balaban J connectivity index is 1.58. The smallest absolute Gasteiger partial charge is 0.321 e. The minimum atomic E-state index is -0.0487. The summed E-state index contributed by atoms with van der Waals surface area (Å²) in [7, 11) is 1.62. The molecule has 2 aromatic carbocycles. The quantitative estimate of drug-likeness (QED) is 0.559. The Morgan fingerprint density at radius 1 is 1.11 bits per heavy atom. The van der Waals surface area contributed by atoms with E-state index in [1.807, 2.05) is 53.4 Å². The number of nitrogens with one attached hydrogen (secondary N) is 2. The summed E-state index contributed by atoms with van der Waals surface area (Å²) in [6, 6.07) is 15.1. The van der Waals surface area contributed by atoms with Crippen molar-refractivity contribution in [2.24, 2.45) is 10.7 Å². The van der Waals surface area contributed by atoms with Crippen molar-refractivity contribution in [2.75, 3.05) is 30.8 Å². The molecular formula is C20H25N5O2. The van der Waals surface area contributed by atoms with Gasteiger partial charge in [0.15, 0.2) is 5.96 Å². The molecule has 7 nitrogen and oxygen atoms in total. The van der Waals surface area contributed by atoms with E-state index in [1.165, 1.54) is 0 Å². The molecule has 27 heavy (non-hydrogen) atoms. The molecule has 0 saturated carbocycles. The van der Waals surface area contributed by atoms with Crippen LogP contribution < -0.4 is 21.1 Å². The number of likely N-dealkylation sites (tertiary alicyclic amines) is 1. The molecule has 7 heteroatoms. The van der Waals surface area contributed by atoms with E-state index in [9.17, 15) is 4.79 Å². The summed E-state index contributed by atoms with van der Waals surface area (Å²) in [5, 5.41) is 5.98. The zero-order valence-electron chi connectivity index (χ0n) is 15.4. The number of aliphatic imine (C=N–C) groups is 1. The SMILES string of the molecule is COc1cccc(NC(N)=NCc2cccc(NC(=O)N3CCCC3)c2)c1. The van der Waals surface area contributed by atoms with Gasteiger partial charge < -0.3 is 26.0 Å². The van der Waals surface area contributed by atoms with Crippen LogP contribution in [0.25, 0.3) is 0 Å². The summed E-state index contributed by atoms with van der Waals surface area (Å²) in [5.41, 5.74) is 8.50. The molecule has 1 aliphatic rings. The average molecular weight is 367 g/mol. The maximum absolute atomic E-state index is 12.2. The second-order valence-electron chi connectivity index (χ2n) is 6.38. The number of ether oxygens (including phenoxy) is 1. The first-order chi connectivity index (χ1) is 13.1. The molecule has 0 aromatic heterocycles. The molecule has 0 atom stereocenters. The Morgan fingerprint density at radius 2 is 1.81 bits per heavy atom. The number of guanidine groups is 1. The molecule has 1 saturated heterocycles. The van der Waals surface area contributed by atoms with Gasteiger partial charge in [0.25, 0.3) is 0 Å². The number of rotatable bonds is 5. The van der Waals surface area contributed by atoms with Gasteiger partial charge >= 0.3 is 6.03 Å². The van der Waals surface area contributed by atoms with E-state index in [4.69, 9.17) is 10.5 Å². The van der Waals surface area contributed by atoms with Crippen molar-refractivity contribution in [1.82, 2.24) is 4.90 Å². The van der Waals surface area contributed by atoms with Gasteiger partial charge in [-0.2, -0.15) is 0 Å². The second kappa shape index (κ2) is 8.93. The molecule has 2 aromatic rings. The average Bonchev–Trinajstić information content (AvgIpc) is 3.22. The van der Waals surface area contributed by atoms with Gasteiger partial charge in [0.2, 0.25) is 0 Å². The number of hydrogen-bond acceptors (Lipinski definition) is 3. The molecule has 0 spiro atoms. The van der Waals surface area contributed by atoms with Gasteiger partial charge in [-0.1, -0.05) is 18.2 Å². The number of nitrogens with zero attached hydrogens (tertiary/aromatic N) is 2. The summed E-state index contributed by atoms with van der Waals surface area (Å²) in [6.07, 6.45) is 2.14. The summed E-state index contributed by atoms with van der Waals surface area (Å²) < 4.78 is 5.19. The fourth-order valence-corrected chi connectivity index (χ4v) is 2.93. The maximum Gasteiger partial charge on any atom is 0.321 e. The van der Waals surface area contributed by atoms with E-state index in [0.717, 1.165) is 48.6 Å². The van der Waals surface area contributed by atoms with Crippen LogP contribution in [-0.2, 0) is 6.54 Å². The molecule has 1 heterocycles. The van der Waals surface area contributed by atoms with Gasteiger partial charge in [-0.05, 0) is 42.7 Å². The van der Waals surface area contributed by atoms with Crippen molar-refractivity contribution >= 4 is 23.4 Å². The highest BCUT2D eigenvalue weighted by molar-refractivity contribution is 5.92. The lowest BCUT2D eigenvalue weighted by molar-refractivity contribution is 0.222. The first kappa shape index (κ1) is 18.6. The Bertz CT molecular complexity index is 816. The number of amides is 2. The van der Waals surface area contributed by atoms with Crippen LogP contribution in [0.4, 0.5) is 16.2 Å². The molecule has 0 unspecified atom stereocenters. The van der Waals surface area contributed by atoms with Crippen LogP contribution in [0.5, 0.6) is 5.75 Å². The highest BCUT2D eigenvalue weighted by atomic mass is 16.5. The Labute approximate surface area is 159 Å². The Hall–Kier alpha value is -3.22. The van der Waals surface area contributed by atoms with Gasteiger partial charge in [-0.3, -0.25) is 0 Å². The van der Waals surface area contributed by atoms with Crippen LogP contribution in [0.15, 0.2) is 53.5 Å². The minimum Gasteiger partial charge on any atom is -0.497 e. The van der Waals surface area contributed by atoms with Crippen LogP contribution in [0, 0.1) is 0 Å². The largest absolute Gasteiger partial charge is 0.497 e. The number of anilines is 2. The standard InChI is InChI=1S/C20H25N5O2/c1-27-18-9-5-8-17(13-18)23-19(21)22-14-15-6-4-7-16(12-15)24-20(26)25-10-2-3-11-25/h4-9,12-13H,2-3,10-11,14H2,1H3,(H,24,26)(H3,21,22,23). The number of carbonyl (C=O) groups is 1.